The van der Waals surface area contributed by atoms with Crippen LogP contribution in [-0.2, 0) is 4.79 Å². The molecule has 0 heterocycles. The first kappa shape index (κ1) is 11.0. The van der Waals surface area contributed by atoms with Crippen LogP contribution >= 0.6 is 23.2 Å². The van der Waals surface area contributed by atoms with Crippen molar-refractivity contribution in [2.24, 2.45) is 0 Å². The van der Waals surface area contributed by atoms with Crippen LogP contribution in [-0.4, -0.2) is 16.7 Å². The van der Waals surface area contributed by atoms with Crippen molar-refractivity contribution in [3.8, 4) is 0 Å². The van der Waals surface area contributed by atoms with Crippen molar-refractivity contribution in [1.29, 1.82) is 0 Å². The second kappa shape index (κ2) is 4.44. The molecular weight excluding hydrogens is 225 g/mol. The van der Waals surface area contributed by atoms with Crippen LogP contribution in [0.15, 0.2) is 30.3 Å². The van der Waals surface area contributed by atoms with Crippen molar-refractivity contribution >= 4 is 35.4 Å². The molecule has 5 heteroatoms. The zero-order chi connectivity index (χ0) is 10.6. The highest BCUT2D eigenvalue weighted by Crippen LogP contribution is 2.22. The molecule has 1 aromatic carbocycles. The fourth-order valence-electron chi connectivity index (χ4n) is 0.910. The maximum absolute atomic E-state index is 11.6. The molecule has 0 aliphatic heterocycles. The van der Waals surface area contributed by atoms with Gasteiger partial charge in [-0.25, -0.2) is 0 Å². The van der Waals surface area contributed by atoms with Crippen LogP contribution < -0.4 is 5.32 Å². The highest BCUT2D eigenvalue weighted by molar-refractivity contribution is 6.59. The molecule has 0 aliphatic rings. The van der Waals surface area contributed by atoms with Gasteiger partial charge in [0.15, 0.2) is 0 Å². The van der Waals surface area contributed by atoms with E-state index in [1.165, 1.54) is 0 Å². The summed E-state index contributed by atoms with van der Waals surface area (Å²) in [5, 5.41) is 2.02. The second-order valence-corrected chi connectivity index (χ2v) is 3.86. The van der Waals surface area contributed by atoms with Crippen LogP contribution in [0.1, 0.15) is 10.4 Å². The van der Waals surface area contributed by atoms with E-state index in [0.717, 1.165) is 0 Å². The van der Waals surface area contributed by atoms with Gasteiger partial charge in [-0.3, -0.25) is 9.59 Å². The van der Waals surface area contributed by atoms with E-state index in [9.17, 15) is 9.59 Å². The predicted octanol–water partition coefficient (Wildman–Crippen LogP) is 1.75. The van der Waals surface area contributed by atoms with E-state index in [4.69, 9.17) is 23.2 Å². The SMILES string of the molecule is O=CNC(Cl)(Cl)C(=O)c1ccccc1. The fourth-order valence-corrected chi connectivity index (χ4v) is 1.22. The molecule has 0 radical (unpaired) electrons. The van der Waals surface area contributed by atoms with Gasteiger partial charge in [-0.15, -0.1) is 0 Å². The summed E-state index contributed by atoms with van der Waals surface area (Å²) < 4.78 is -1.90. The first-order chi connectivity index (χ1) is 6.58. The monoisotopic (exact) mass is 231 g/mol. The molecule has 3 nitrogen and oxygen atoms in total. The maximum Gasteiger partial charge on any atom is 0.254 e. The van der Waals surface area contributed by atoms with Crippen LogP contribution in [0.5, 0.6) is 0 Å². The van der Waals surface area contributed by atoms with Crippen molar-refractivity contribution in [2.75, 3.05) is 0 Å². The van der Waals surface area contributed by atoms with Crippen LogP contribution in [0, 0.1) is 0 Å². The van der Waals surface area contributed by atoms with Gasteiger partial charge in [-0.1, -0.05) is 53.5 Å². The Morgan fingerprint density at radius 1 is 1.29 bits per heavy atom. The molecule has 1 aromatic rings. The zero-order valence-corrected chi connectivity index (χ0v) is 8.55. The Labute approximate surface area is 91.0 Å². The average Bonchev–Trinajstić information content (AvgIpc) is 2.18. The molecule has 0 saturated heterocycles. The van der Waals surface area contributed by atoms with Gasteiger partial charge in [0.1, 0.15) is 0 Å². The van der Waals surface area contributed by atoms with E-state index in [1.54, 1.807) is 30.3 Å². The summed E-state index contributed by atoms with van der Waals surface area (Å²) in [6, 6.07) is 8.24. The van der Waals surface area contributed by atoms with Crippen LogP contribution in [0.2, 0.25) is 0 Å². The Kier molecular flexibility index (Phi) is 3.49. The minimum Gasteiger partial charge on any atom is -0.321 e. The van der Waals surface area contributed by atoms with Crippen molar-refractivity contribution in [3.63, 3.8) is 0 Å². The number of rotatable bonds is 4. The summed E-state index contributed by atoms with van der Waals surface area (Å²) >= 11 is 11.2. The average molecular weight is 232 g/mol. The number of nitrogens with one attached hydrogen (secondary N) is 1. The third-order valence-electron chi connectivity index (χ3n) is 1.56. The number of halogens is 2. The molecule has 0 aromatic heterocycles. The van der Waals surface area contributed by atoms with Gasteiger partial charge in [0.05, 0.1) is 0 Å². The number of amides is 1. The number of benzene rings is 1. The number of ketones is 1. The molecule has 0 bridgehead atoms. The van der Waals surface area contributed by atoms with E-state index < -0.39 is 10.2 Å². The number of alkyl halides is 2. The molecule has 0 atom stereocenters. The Bertz CT molecular complexity index is 338. The molecule has 0 fully saturated rings. The molecule has 0 aliphatic carbocycles. The molecule has 1 N–H and O–H groups in total. The summed E-state index contributed by atoms with van der Waals surface area (Å²) in [5.41, 5.74) is 0.340. The second-order valence-electron chi connectivity index (χ2n) is 2.53. The number of hydrogen-bond donors (Lipinski definition) is 1. The largest absolute Gasteiger partial charge is 0.321 e. The first-order valence-corrected chi connectivity index (χ1v) is 4.52. The molecular formula is C9H7Cl2NO2. The van der Waals surface area contributed by atoms with E-state index in [-0.39, 0.29) is 6.41 Å². The van der Waals surface area contributed by atoms with Gasteiger partial charge in [0, 0.05) is 5.56 Å². The summed E-state index contributed by atoms with van der Waals surface area (Å²) in [6.45, 7) is 0. The van der Waals surface area contributed by atoms with Crippen molar-refractivity contribution in [1.82, 2.24) is 5.32 Å². The molecule has 0 spiro atoms. The van der Waals surface area contributed by atoms with Gasteiger partial charge >= 0.3 is 0 Å². The molecule has 1 amide bonds. The van der Waals surface area contributed by atoms with Gasteiger partial charge in [-0.2, -0.15) is 0 Å². The summed E-state index contributed by atoms with van der Waals surface area (Å²) in [4.78, 5) is 21.7. The topological polar surface area (TPSA) is 46.2 Å². The van der Waals surface area contributed by atoms with Gasteiger partial charge in [0.25, 0.3) is 4.46 Å². The third kappa shape index (κ3) is 2.47. The number of hydrogen-bond acceptors (Lipinski definition) is 2. The lowest BCUT2D eigenvalue weighted by Crippen LogP contribution is -2.41. The highest BCUT2D eigenvalue weighted by atomic mass is 35.5. The summed E-state index contributed by atoms with van der Waals surface area (Å²) in [5.74, 6) is -0.562. The molecule has 0 unspecified atom stereocenters. The van der Waals surface area contributed by atoms with Crippen molar-refractivity contribution < 1.29 is 9.59 Å². The predicted molar refractivity (Wildman–Crippen MR) is 54.4 cm³/mol. The molecule has 0 saturated carbocycles. The highest BCUT2D eigenvalue weighted by Gasteiger charge is 2.33. The Balaban J connectivity index is 2.90. The quantitative estimate of drug-likeness (QED) is 0.372. The smallest absolute Gasteiger partial charge is 0.254 e. The van der Waals surface area contributed by atoms with E-state index in [1.807, 2.05) is 5.32 Å². The lowest BCUT2D eigenvalue weighted by atomic mass is 10.1. The first-order valence-electron chi connectivity index (χ1n) is 3.77. The summed E-state index contributed by atoms with van der Waals surface area (Å²) in [6.07, 6.45) is 0.279. The minimum absolute atomic E-state index is 0.279. The van der Waals surface area contributed by atoms with Crippen molar-refractivity contribution in [2.45, 2.75) is 4.46 Å². The molecule has 74 valence electrons. The van der Waals surface area contributed by atoms with Crippen LogP contribution in [0.3, 0.4) is 0 Å². The van der Waals surface area contributed by atoms with Gasteiger partial charge in [-0.05, 0) is 0 Å². The zero-order valence-electron chi connectivity index (χ0n) is 7.04. The van der Waals surface area contributed by atoms with Crippen LogP contribution in [0.25, 0.3) is 0 Å². The Morgan fingerprint density at radius 2 is 1.86 bits per heavy atom. The number of carbonyl (C=O) groups is 2. The maximum atomic E-state index is 11.6. The molecule has 1 rings (SSSR count). The minimum atomic E-state index is -1.90. The fraction of sp³-hybridized carbons (Fsp3) is 0.111. The Morgan fingerprint density at radius 3 is 2.36 bits per heavy atom. The standard InChI is InChI=1S/C9H7Cl2NO2/c10-9(11,12-6-13)8(14)7-4-2-1-3-5-7/h1-6H,(H,12,13). The number of carbonyl (C=O) groups excluding carboxylic acids is 2. The van der Waals surface area contributed by atoms with Gasteiger partial charge < -0.3 is 5.32 Å². The lowest BCUT2D eigenvalue weighted by molar-refractivity contribution is -0.109. The molecule has 14 heavy (non-hydrogen) atoms. The van der Waals surface area contributed by atoms with E-state index in [0.29, 0.717) is 5.56 Å². The Hall–Kier alpha value is -1.06. The van der Waals surface area contributed by atoms with Gasteiger partial charge in [0.2, 0.25) is 12.2 Å². The normalized spacial score (nSPS) is 10.7. The lowest BCUT2D eigenvalue weighted by Gasteiger charge is -2.16. The summed E-state index contributed by atoms with van der Waals surface area (Å²) in [7, 11) is 0. The van der Waals surface area contributed by atoms with Crippen LogP contribution in [0.4, 0.5) is 0 Å². The van der Waals surface area contributed by atoms with E-state index >= 15 is 0 Å². The number of Topliss-reactive ketones (excluding diaryl/α,β-unsaturated/α-hetero) is 1. The van der Waals surface area contributed by atoms with Crippen molar-refractivity contribution in [3.05, 3.63) is 35.9 Å². The van der Waals surface area contributed by atoms with E-state index in [2.05, 4.69) is 0 Å². The third-order valence-corrected chi connectivity index (χ3v) is 2.12.